The number of hydrogen-bond acceptors (Lipinski definition) is 7. The van der Waals surface area contributed by atoms with Gasteiger partial charge in [-0.1, -0.05) is 38.4 Å². The molecule has 2 aromatic rings. The van der Waals surface area contributed by atoms with Crippen molar-refractivity contribution in [1.29, 1.82) is 0 Å². The maximum Gasteiger partial charge on any atom is 0.251 e. The number of aliphatic imine (C=N–C) groups is 1. The molecule has 37 heavy (non-hydrogen) atoms. The largest absolute Gasteiger partial charge is 0.508 e. The van der Waals surface area contributed by atoms with Gasteiger partial charge >= 0.3 is 0 Å². The molecule has 3 rings (SSSR count). The number of halogens is 2. The molecule has 0 aromatic heterocycles. The normalized spacial score (nSPS) is 16.1. The van der Waals surface area contributed by atoms with Gasteiger partial charge in [0.15, 0.2) is 5.96 Å². The van der Waals surface area contributed by atoms with Crippen molar-refractivity contribution in [2.45, 2.75) is 44.8 Å². The summed E-state index contributed by atoms with van der Waals surface area (Å²) in [5, 5.41) is 21.5. The highest BCUT2D eigenvalue weighted by Crippen LogP contribution is 2.29. The lowest BCUT2D eigenvalue weighted by Crippen LogP contribution is -2.41. The highest BCUT2D eigenvalue weighted by atomic mass is 35.5. The number of phenols is 1. The molecule has 0 bridgehead atoms. The third-order valence-corrected chi connectivity index (χ3v) is 5.86. The van der Waals surface area contributed by atoms with Gasteiger partial charge in [-0.3, -0.25) is 9.59 Å². The molecule has 198 valence electrons. The Morgan fingerprint density at radius 3 is 2.65 bits per heavy atom. The third-order valence-electron chi connectivity index (χ3n) is 5.65. The number of phenolic OH excluding ortho intramolecular Hbond substituents is 1. The Bertz CT molecular complexity index is 1200. The summed E-state index contributed by atoms with van der Waals surface area (Å²) < 4.78 is 13.2. The fraction of sp³-hybridized carbons (Fsp3) is 0.385. The van der Waals surface area contributed by atoms with Crippen LogP contribution in [0.1, 0.15) is 54.7 Å². The number of nitrogens with zero attached hydrogens (tertiary/aromatic N) is 1. The first-order valence-electron chi connectivity index (χ1n) is 11.8. The molecule has 9 nitrogen and oxygen atoms in total. The van der Waals surface area contributed by atoms with Crippen LogP contribution in [0.25, 0.3) is 0 Å². The summed E-state index contributed by atoms with van der Waals surface area (Å²) in [5.41, 5.74) is 1.92. The van der Waals surface area contributed by atoms with E-state index in [2.05, 4.69) is 26.3 Å². The minimum Gasteiger partial charge on any atom is -0.508 e. The average molecular weight is 532 g/mol. The van der Waals surface area contributed by atoms with Crippen molar-refractivity contribution in [2.24, 2.45) is 4.99 Å². The highest BCUT2D eigenvalue weighted by molar-refractivity contribution is 6.30. The van der Waals surface area contributed by atoms with Gasteiger partial charge in [0.1, 0.15) is 18.2 Å². The van der Waals surface area contributed by atoms with Gasteiger partial charge in [0.25, 0.3) is 5.91 Å². The summed E-state index contributed by atoms with van der Waals surface area (Å²) in [6.07, 6.45) is -0.332. The zero-order valence-electron chi connectivity index (χ0n) is 20.9. The zero-order chi connectivity index (χ0) is 27.2. The van der Waals surface area contributed by atoms with Crippen LogP contribution in [0.15, 0.2) is 41.4 Å². The fourth-order valence-electron chi connectivity index (χ4n) is 3.68. The Morgan fingerprint density at radius 2 is 2.00 bits per heavy atom. The number of alkyl halides is 1. The second-order valence-electron chi connectivity index (χ2n) is 9.79. The van der Waals surface area contributed by atoms with E-state index in [1.165, 1.54) is 18.2 Å². The molecule has 0 radical (unpaired) electrons. The van der Waals surface area contributed by atoms with Gasteiger partial charge in [-0.2, -0.15) is 0 Å². The Morgan fingerprint density at radius 1 is 1.24 bits per heavy atom. The highest BCUT2D eigenvalue weighted by Gasteiger charge is 2.21. The predicted octanol–water partition coefficient (Wildman–Crippen LogP) is 3.23. The Kier molecular flexibility index (Phi) is 9.09. The van der Waals surface area contributed by atoms with Crippen molar-refractivity contribution in [3.8, 4) is 5.75 Å². The molecule has 5 N–H and O–H groups in total. The number of guanidine groups is 1. The fourth-order valence-corrected chi connectivity index (χ4v) is 3.93. The molecule has 2 amide bonds. The number of rotatable bonds is 8. The molecule has 0 fully saturated rings. The van der Waals surface area contributed by atoms with Gasteiger partial charge in [-0.05, 0) is 40.8 Å². The number of amides is 2. The maximum absolute atomic E-state index is 13.2. The molecule has 1 unspecified atom stereocenters. The lowest BCUT2D eigenvalue weighted by Gasteiger charge is -2.23. The van der Waals surface area contributed by atoms with Crippen LogP contribution in [0, 0.1) is 0 Å². The summed E-state index contributed by atoms with van der Waals surface area (Å²) in [6.45, 7) is 5.86. The predicted molar refractivity (Wildman–Crippen MR) is 141 cm³/mol. The first kappa shape index (κ1) is 27.9. The van der Waals surface area contributed by atoms with Crippen LogP contribution >= 0.6 is 11.6 Å². The van der Waals surface area contributed by atoms with Crippen LogP contribution in [0.3, 0.4) is 0 Å². The second kappa shape index (κ2) is 12.1. The molecule has 2 atom stereocenters. The lowest BCUT2D eigenvalue weighted by molar-refractivity contribution is -0.121. The number of carbonyl (C=O) groups is 3. The van der Waals surface area contributed by atoms with Gasteiger partial charge in [-0.25, -0.2) is 9.38 Å². The minimum atomic E-state index is -1.08. The second-order valence-corrected chi connectivity index (χ2v) is 10.2. The zero-order valence-corrected chi connectivity index (χ0v) is 21.7. The number of anilines is 1. The Balaban J connectivity index is 1.65. The van der Waals surface area contributed by atoms with Crippen LogP contribution in [0.2, 0.25) is 5.02 Å². The van der Waals surface area contributed by atoms with Crippen molar-refractivity contribution in [1.82, 2.24) is 16.0 Å². The van der Waals surface area contributed by atoms with E-state index in [-0.39, 0.29) is 42.8 Å². The summed E-state index contributed by atoms with van der Waals surface area (Å²) >= 11 is 6.29. The van der Waals surface area contributed by atoms with E-state index >= 15 is 0 Å². The number of nitrogens with one attached hydrogen (secondary N) is 4. The molecular weight excluding hydrogens is 501 g/mol. The molecule has 0 saturated carbocycles. The van der Waals surface area contributed by atoms with Crippen molar-refractivity contribution >= 4 is 41.3 Å². The number of aldehydes is 1. The smallest absolute Gasteiger partial charge is 0.251 e. The van der Waals surface area contributed by atoms with Crippen molar-refractivity contribution in [3.63, 3.8) is 0 Å². The van der Waals surface area contributed by atoms with Gasteiger partial charge < -0.3 is 31.2 Å². The van der Waals surface area contributed by atoms with Gasteiger partial charge in [-0.15, -0.1) is 0 Å². The van der Waals surface area contributed by atoms with E-state index < -0.39 is 24.0 Å². The van der Waals surface area contributed by atoms with E-state index in [4.69, 9.17) is 11.6 Å². The van der Waals surface area contributed by atoms with Crippen LogP contribution < -0.4 is 21.3 Å². The number of hydrogen-bond donors (Lipinski definition) is 5. The molecule has 11 heteroatoms. The topological polar surface area (TPSA) is 132 Å². The van der Waals surface area contributed by atoms with Crippen molar-refractivity contribution < 1.29 is 23.9 Å². The third kappa shape index (κ3) is 8.18. The van der Waals surface area contributed by atoms with E-state index in [0.717, 1.165) is 5.56 Å². The minimum absolute atomic E-state index is 0.00834. The first-order valence-corrected chi connectivity index (χ1v) is 12.2. The summed E-state index contributed by atoms with van der Waals surface area (Å²) in [7, 11) is 0. The first-order chi connectivity index (χ1) is 17.4. The van der Waals surface area contributed by atoms with Crippen molar-refractivity contribution in [3.05, 3.63) is 58.1 Å². The standard InChI is InChI=1S/C26H31ClFN5O4/c1-26(2,3)17-6-15(7-18(27)10-17)22(4-5-34)33-23(36)14-29-24(37)16-8-20(11-21(35)9-16)32-25-30-12-19(28)13-31-25/h5-11,19,22,35H,4,12-14H2,1-3H3,(H,29,37)(H,33,36)(H2,30,31,32)/t22-/m0/s1. The Hall–Kier alpha value is -3.66. The molecule has 1 aliphatic rings. The molecule has 1 aliphatic heterocycles. The molecule has 0 saturated heterocycles. The van der Waals surface area contributed by atoms with Crippen molar-refractivity contribution in [2.75, 3.05) is 25.0 Å². The average Bonchev–Trinajstić information content (AvgIpc) is 2.82. The Labute approximate surface area is 219 Å². The summed E-state index contributed by atoms with van der Waals surface area (Å²) in [5.74, 6) is -0.957. The maximum atomic E-state index is 13.2. The number of aromatic hydroxyl groups is 1. The van der Waals surface area contributed by atoms with Crippen LogP contribution in [0.5, 0.6) is 5.75 Å². The van der Waals surface area contributed by atoms with E-state index in [1.807, 2.05) is 32.9 Å². The molecule has 1 heterocycles. The summed E-state index contributed by atoms with van der Waals surface area (Å²) in [4.78, 5) is 40.6. The monoisotopic (exact) mass is 531 g/mol. The molecule has 2 aromatic carbocycles. The van der Waals surface area contributed by atoms with Crippen LogP contribution in [0.4, 0.5) is 10.1 Å². The number of carbonyl (C=O) groups excluding carboxylic acids is 3. The lowest BCUT2D eigenvalue weighted by atomic mass is 9.85. The SMILES string of the molecule is CC(C)(C)c1cc(Cl)cc([C@H](CC=O)NC(=O)CNC(=O)c2cc(O)cc(NC3=NCC(F)CN3)c2)c1. The van der Waals surface area contributed by atoms with E-state index in [0.29, 0.717) is 28.5 Å². The molecule has 0 aliphatic carbocycles. The summed E-state index contributed by atoms with van der Waals surface area (Å²) in [6, 6.07) is 8.93. The van der Waals surface area contributed by atoms with Gasteiger partial charge in [0.2, 0.25) is 5.91 Å². The van der Waals surface area contributed by atoms with E-state index in [1.54, 1.807) is 6.07 Å². The van der Waals surface area contributed by atoms with Crippen LogP contribution in [-0.4, -0.2) is 55.0 Å². The number of benzene rings is 2. The van der Waals surface area contributed by atoms with Crippen LogP contribution in [-0.2, 0) is 15.0 Å². The van der Waals surface area contributed by atoms with E-state index in [9.17, 15) is 23.9 Å². The quantitative estimate of drug-likeness (QED) is 0.332. The molecular formula is C26H31ClFN5O4. The molecule has 0 spiro atoms. The van der Waals surface area contributed by atoms with Gasteiger partial charge in [0.05, 0.1) is 25.7 Å². The van der Waals surface area contributed by atoms with Gasteiger partial charge in [0, 0.05) is 28.8 Å².